The lowest BCUT2D eigenvalue weighted by Crippen LogP contribution is -2.59. The van der Waals surface area contributed by atoms with Gasteiger partial charge >= 0.3 is 0 Å². The van der Waals surface area contributed by atoms with Gasteiger partial charge in [-0.05, 0) is 56.2 Å². The van der Waals surface area contributed by atoms with E-state index in [1.54, 1.807) is 12.1 Å². The lowest BCUT2D eigenvalue weighted by atomic mass is 9.98. The van der Waals surface area contributed by atoms with Crippen molar-refractivity contribution in [1.29, 1.82) is 0 Å². The molecule has 1 aromatic carbocycles. The van der Waals surface area contributed by atoms with Crippen molar-refractivity contribution in [3.05, 3.63) is 35.6 Å². The van der Waals surface area contributed by atoms with Crippen LogP contribution >= 0.6 is 0 Å². The van der Waals surface area contributed by atoms with E-state index < -0.39 is 0 Å². The first-order valence-electron chi connectivity index (χ1n) is 8.41. The van der Waals surface area contributed by atoms with Gasteiger partial charge in [-0.3, -0.25) is 4.90 Å². The number of hydrogen-bond acceptors (Lipinski definition) is 2. The van der Waals surface area contributed by atoms with Crippen LogP contribution in [0.2, 0.25) is 0 Å². The van der Waals surface area contributed by atoms with Crippen LogP contribution in [0.25, 0.3) is 0 Å². The molecule has 2 fully saturated rings. The van der Waals surface area contributed by atoms with Crippen molar-refractivity contribution < 1.29 is 4.39 Å². The molecule has 1 aromatic rings. The molecule has 21 heavy (non-hydrogen) atoms. The van der Waals surface area contributed by atoms with Gasteiger partial charge in [-0.1, -0.05) is 19.1 Å². The number of benzene rings is 1. The minimum Gasteiger partial charge on any atom is -0.311 e. The molecule has 1 aliphatic carbocycles. The minimum atomic E-state index is -0.145. The molecule has 3 rings (SSSR count). The molecule has 1 saturated heterocycles. The summed E-state index contributed by atoms with van der Waals surface area (Å²) in [6, 6.07) is 8.83. The van der Waals surface area contributed by atoms with E-state index in [1.165, 1.54) is 31.4 Å². The number of piperazine rings is 1. The summed E-state index contributed by atoms with van der Waals surface area (Å²) in [5.41, 5.74) is 1.24. The Labute approximate surface area is 127 Å². The molecule has 0 aromatic heterocycles. The summed E-state index contributed by atoms with van der Waals surface area (Å²) < 4.78 is 13.0. The predicted octanol–water partition coefficient (Wildman–Crippen LogP) is 3.22. The summed E-state index contributed by atoms with van der Waals surface area (Å²) in [6.07, 6.45) is 5.00. The van der Waals surface area contributed by atoms with Crippen LogP contribution in [-0.4, -0.2) is 36.1 Å². The number of hydrogen-bond donors (Lipinski definition) is 1. The van der Waals surface area contributed by atoms with Crippen LogP contribution in [0.4, 0.5) is 4.39 Å². The molecule has 0 amide bonds. The third-order valence-electron chi connectivity index (χ3n) is 5.17. The van der Waals surface area contributed by atoms with Crippen LogP contribution < -0.4 is 5.32 Å². The maximum Gasteiger partial charge on any atom is 0.123 e. The molecule has 3 heteroatoms. The Bertz CT molecular complexity index is 455. The van der Waals surface area contributed by atoms with Gasteiger partial charge in [0.15, 0.2) is 0 Å². The topological polar surface area (TPSA) is 15.3 Å². The molecule has 3 atom stereocenters. The Hall–Kier alpha value is -0.930. The lowest BCUT2D eigenvalue weighted by Gasteiger charge is -2.44. The highest BCUT2D eigenvalue weighted by Gasteiger charge is 2.37. The first kappa shape index (κ1) is 15.0. The second-order valence-electron chi connectivity index (χ2n) is 6.79. The van der Waals surface area contributed by atoms with Gasteiger partial charge in [0.2, 0.25) is 0 Å². The number of nitrogens with zero attached hydrogens (tertiary/aromatic N) is 1. The zero-order valence-corrected chi connectivity index (χ0v) is 13.2. The van der Waals surface area contributed by atoms with Gasteiger partial charge in [-0.2, -0.15) is 0 Å². The highest BCUT2D eigenvalue weighted by atomic mass is 19.1. The largest absolute Gasteiger partial charge is 0.311 e. The summed E-state index contributed by atoms with van der Waals surface area (Å²) in [5, 5.41) is 3.75. The van der Waals surface area contributed by atoms with Crippen molar-refractivity contribution in [2.24, 2.45) is 5.92 Å². The highest BCUT2D eigenvalue weighted by molar-refractivity contribution is 5.17. The van der Waals surface area contributed by atoms with Gasteiger partial charge < -0.3 is 5.32 Å². The fourth-order valence-corrected chi connectivity index (χ4v) is 3.66. The smallest absolute Gasteiger partial charge is 0.123 e. The van der Waals surface area contributed by atoms with Crippen molar-refractivity contribution >= 4 is 0 Å². The molecule has 1 saturated carbocycles. The summed E-state index contributed by atoms with van der Waals surface area (Å²) in [4.78, 5) is 2.68. The van der Waals surface area contributed by atoms with Crippen molar-refractivity contribution in [3.63, 3.8) is 0 Å². The van der Waals surface area contributed by atoms with Crippen molar-refractivity contribution in [3.8, 4) is 0 Å². The molecule has 0 radical (unpaired) electrons. The average Bonchev–Trinajstić information content (AvgIpc) is 3.33. The molecule has 1 aliphatic heterocycles. The van der Waals surface area contributed by atoms with Gasteiger partial charge in [0.1, 0.15) is 5.82 Å². The fourth-order valence-electron chi connectivity index (χ4n) is 3.66. The van der Waals surface area contributed by atoms with Crippen LogP contribution in [0.5, 0.6) is 0 Å². The maximum absolute atomic E-state index is 13.0. The SMILES string of the molecule is CCC1CNC(C2CC2)CN1C(C)Cc1ccc(F)cc1. The standard InChI is InChI=1S/C18H27FN2/c1-3-17-11-20-18(15-6-7-15)12-21(17)13(2)10-14-4-8-16(19)9-5-14/h4-5,8-9,13,15,17-18,20H,3,6-7,10-12H2,1-2H3. The minimum absolute atomic E-state index is 0.145. The Morgan fingerprint density at radius 1 is 1.29 bits per heavy atom. The van der Waals surface area contributed by atoms with E-state index in [1.807, 2.05) is 12.1 Å². The first-order valence-corrected chi connectivity index (χ1v) is 8.41. The fraction of sp³-hybridized carbons (Fsp3) is 0.667. The predicted molar refractivity (Wildman–Crippen MR) is 84.9 cm³/mol. The molecular weight excluding hydrogens is 263 g/mol. The molecule has 0 spiro atoms. The first-order chi connectivity index (χ1) is 10.2. The highest BCUT2D eigenvalue weighted by Crippen LogP contribution is 2.35. The third-order valence-corrected chi connectivity index (χ3v) is 5.17. The van der Waals surface area contributed by atoms with Crippen LogP contribution in [0, 0.1) is 11.7 Å². The second kappa shape index (κ2) is 6.45. The van der Waals surface area contributed by atoms with E-state index >= 15 is 0 Å². The molecule has 2 aliphatic rings. The Balaban J connectivity index is 1.64. The van der Waals surface area contributed by atoms with Crippen LogP contribution in [0.15, 0.2) is 24.3 Å². The van der Waals surface area contributed by atoms with E-state index in [0.29, 0.717) is 18.1 Å². The van der Waals surface area contributed by atoms with Gasteiger partial charge in [0, 0.05) is 31.2 Å². The normalized spacial score (nSPS) is 28.5. The summed E-state index contributed by atoms with van der Waals surface area (Å²) >= 11 is 0. The van der Waals surface area contributed by atoms with Crippen LogP contribution in [-0.2, 0) is 6.42 Å². The van der Waals surface area contributed by atoms with Crippen molar-refractivity contribution in [2.75, 3.05) is 13.1 Å². The molecule has 3 unspecified atom stereocenters. The van der Waals surface area contributed by atoms with Crippen LogP contribution in [0.1, 0.15) is 38.7 Å². The zero-order valence-electron chi connectivity index (χ0n) is 13.2. The van der Waals surface area contributed by atoms with Gasteiger partial charge in [0.25, 0.3) is 0 Å². The van der Waals surface area contributed by atoms with E-state index in [4.69, 9.17) is 0 Å². The van der Waals surface area contributed by atoms with E-state index in [-0.39, 0.29) is 5.82 Å². The molecule has 1 heterocycles. The third kappa shape index (κ3) is 3.64. The molecular formula is C18H27FN2. The maximum atomic E-state index is 13.0. The number of nitrogens with one attached hydrogen (secondary N) is 1. The molecule has 116 valence electrons. The Morgan fingerprint density at radius 3 is 2.62 bits per heavy atom. The Morgan fingerprint density at radius 2 is 2.00 bits per heavy atom. The molecule has 2 nitrogen and oxygen atoms in total. The monoisotopic (exact) mass is 290 g/mol. The van der Waals surface area contributed by atoms with Crippen LogP contribution in [0.3, 0.4) is 0 Å². The Kier molecular flexibility index (Phi) is 4.60. The quantitative estimate of drug-likeness (QED) is 0.896. The summed E-state index contributed by atoms with van der Waals surface area (Å²) in [7, 11) is 0. The van der Waals surface area contributed by atoms with E-state index in [2.05, 4.69) is 24.1 Å². The number of rotatable bonds is 5. The van der Waals surface area contributed by atoms with E-state index in [9.17, 15) is 4.39 Å². The average molecular weight is 290 g/mol. The number of halogens is 1. The van der Waals surface area contributed by atoms with Crippen molar-refractivity contribution in [1.82, 2.24) is 10.2 Å². The zero-order chi connectivity index (χ0) is 14.8. The van der Waals surface area contributed by atoms with Gasteiger partial charge in [-0.15, -0.1) is 0 Å². The molecule has 0 bridgehead atoms. The van der Waals surface area contributed by atoms with Crippen molar-refractivity contribution in [2.45, 2.75) is 57.7 Å². The van der Waals surface area contributed by atoms with Gasteiger partial charge in [0.05, 0.1) is 0 Å². The van der Waals surface area contributed by atoms with Gasteiger partial charge in [-0.25, -0.2) is 4.39 Å². The van der Waals surface area contributed by atoms with E-state index in [0.717, 1.165) is 18.9 Å². The lowest BCUT2D eigenvalue weighted by molar-refractivity contribution is 0.0804. The molecule has 1 N–H and O–H groups in total. The second-order valence-corrected chi connectivity index (χ2v) is 6.79. The summed E-state index contributed by atoms with van der Waals surface area (Å²) in [5.74, 6) is 0.761. The summed E-state index contributed by atoms with van der Waals surface area (Å²) in [6.45, 7) is 6.89.